The third-order valence-corrected chi connectivity index (χ3v) is 3.18. The first-order valence-corrected chi connectivity index (χ1v) is 6.29. The number of fused-ring (bicyclic) bond motifs is 1. The Morgan fingerprint density at radius 3 is 3.21 bits per heavy atom. The maximum absolute atomic E-state index is 12.1. The van der Waals surface area contributed by atoms with Gasteiger partial charge in [0.05, 0.1) is 12.2 Å². The Labute approximate surface area is 110 Å². The predicted octanol–water partition coefficient (Wildman–Crippen LogP) is 0.380. The molecule has 0 radical (unpaired) electrons. The number of hydrogen-bond acceptors (Lipinski definition) is 4. The number of aromatic nitrogens is 3. The van der Waals surface area contributed by atoms with Gasteiger partial charge in [0.2, 0.25) is 0 Å². The van der Waals surface area contributed by atoms with Gasteiger partial charge in [-0.2, -0.15) is 5.10 Å². The van der Waals surface area contributed by atoms with Gasteiger partial charge in [0.1, 0.15) is 0 Å². The van der Waals surface area contributed by atoms with Crippen molar-refractivity contribution < 1.29 is 4.79 Å². The Bertz CT molecular complexity index is 578. The van der Waals surface area contributed by atoms with Gasteiger partial charge in [-0.3, -0.25) is 14.9 Å². The van der Waals surface area contributed by atoms with E-state index < -0.39 is 0 Å². The summed E-state index contributed by atoms with van der Waals surface area (Å²) in [6, 6.07) is 5.62. The SMILES string of the molecule is O=C(NCc1ccccn1)c1n[nH]c2c1CNCC2. The van der Waals surface area contributed by atoms with Gasteiger partial charge < -0.3 is 10.6 Å². The number of pyridine rings is 1. The molecule has 2 aromatic heterocycles. The average molecular weight is 257 g/mol. The van der Waals surface area contributed by atoms with Gasteiger partial charge in [-0.25, -0.2) is 0 Å². The van der Waals surface area contributed by atoms with Crippen molar-refractivity contribution in [3.8, 4) is 0 Å². The third-order valence-electron chi connectivity index (χ3n) is 3.18. The zero-order chi connectivity index (χ0) is 13.1. The highest BCUT2D eigenvalue weighted by Crippen LogP contribution is 2.15. The summed E-state index contributed by atoms with van der Waals surface area (Å²) in [6.07, 6.45) is 2.59. The van der Waals surface area contributed by atoms with Crippen LogP contribution in [0, 0.1) is 0 Å². The van der Waals surface area contributed by atoms with E-state index in [1.165, 1.54) is 0 Å². The van der Waals surface area contributed by atoms with Crippen LogP contribution in [0.1, 0.15) is 27.4 Å². The number of carbonyl (C=O) groups excluding carboxylic acids is 1. The summed E-state index contributed by atoms with van der Waals surface area (Å²) in [5.74, 6) is -0.160. The molecule has 0 bridgehead atoms. The second-order valence-electron chi connectivity index (χ2n) is 4.46. The van der Waals surface area contributed by atoms with Crippen molar-refractivity contribution in [1.29, 1.82) is 0 Å². The third kappa shape index (κ3) is 2.48. The molecule has 3 heterocycles. The molecular formula is C13H15N5O. The summed E-state index contributed by atoms with van der Waals surface area (Å²) < 4.78 is 0. The number of rotatable bonds is 3. The van der Waals surface area contributed by atoms with Crippen molar-refractivity contribution in [2.24, 2.45) is 0 Å². The molecule has 1 aliphatic heterocycles. The van der Waals surface area contributed by atoms with Crippen molar-refractivity contribution in [2.75, 3.05) is 6.54 Å². The number of hydrogen-bond donors (Lipinski definition) is 3. The van der Waals surface area contributed by atoms with Gasteiger partial charge >= 0.3 is 0 Å². The summed E-state index contributed by atoms with van der Waals surface area (Å²) >= 11 is 0. The quantitative estimate of drug-likeness (QED) is 0.742. The van der Waals surface area contributed by atoms with Crippen molar-refractivity contribution in [1.82, 2.24) is 25.8 Å². The van der Waals surface area contributed by atoms with Crippen LogP contribution in [0.2, 0.25) is 0 Å². The first-order valence-electron chi connectivity index (χ1n) is 6.29. The van der Waals surface area contributed by atoms with Crippen LogP contribution in [0.15, 0.2) is 24.4 Å². The van der Waals surface area contributed by atoms with Crippen molar-refractivity contribution in [3.05, 3.63) is 47.0 Å². The van der Waals surface area contributed by atoms with E-state index in [0.29, 0.717) is 18.8 Å². The van der Waals surface area contributed by atoms with Crippen LogP contribution in [0.4, 0.5) is 0 Å². The summed E-state index contributed by atoms with van der Waals surface area (Å²) in [7, 11) is 0. The maximum Gasteiger partial charge on any atom is 0.272 e. The van der Waals surface area contributed by atoms with E-state index in [4.69, 9.17) is 0 Å². The second kappa shape index (κ2) is 5.19. The van der Waals surface area contributed by atoms with Gasteiger partial charge in [-0.05, 0) is 12.1 Å². The smallest absolute Gasteiger partial charge is 0.272 e. The van der Waals surface area contributed by atoms with Gasteiger partial charge in [0.25, 0.3) is 5.91 Å². The molecule has 0 atom stereocenters. The molecule has 6 nitrogen and oxygen atoms in total. The summed E-state index contributed by atoms with van der Waals surface area (Å²) in [6.45, 7) is 2.02. The molecule has 3 N–H and O–H groups in total. The molecule has 6 heteroatoms. The van der Waals surface area contributed by atoms with E-state index in [9.17, 15) is 4.79 Å². The van der Waals surface area contributed by atoms with Gasteiger partial charge in [0.15, 0.2) is 5.69 Å². The number of amides is 1. The minimum atomic E-state index is -0.160. The Kier molecular flexibility index (Phi) is 3.24. The van der Waals surface area contributed by atoms with Crippen LogP contribution in [0.3, 0.4) is 0 Å². The lowest BCUT2D eigenvalue weighted by Gasteiger charge is -2.12. The fraction of sp³-hybridized carbons (Fsp3) is 0.308. The van der Waals surface area contributed by atoms with Crippen LogP contribution < -0.4 is 10.6 Å². The topological polar surface area (TPSA) is 82.7 Å². The zero-order valence-electron chi connectivity index (χ0n) is 10.4. The zero-order valence-corrected chi connectivity index (χ0v) is 10.4. The number of nitrogens with one attached hydrogen (secondary N) is 3. The molecule has 0 spiro atoms. The molecule has 0 saturated heterocycles. The second-order valence-corrected chi connectivity index (χ2v) is 4.46. The van der Waals surface area contributed by atoms with E-state index in [-0.39, 0.29) is 5.91 Å². The fourth-order valence-electron chi connectivity index (χ4n) is 2.17. The van der Waals surface area contributed by atoms with Crippen LogP contribution in [-0.2, 0) is 19.5 Å². The lowest BCUT2D eigenvalue weighted by atomic mass is 10.1. The van der Waals surface area contributed by atoms with E-state index in [1.54, 1.807) is 6.20 Å². The Balaban J connectivity index is 1.69. The molecule has 0 saturated carbocycles. The highest BCUT2D eigenvalue weighted by Gasteiger charge is 2.21. The highest BCUT2D eigenvalue weighted by molar-refractivity contribution is 5.93. The number of H-pyrrole nitrogens is 1. The van der Waals surface area contributed by atoms with Crippen LogP contribution in [0.5, 0.6) is 0 Å². The van der Waals surface area contributed by atoms with Gasteiger partial charge in [0, 0.05) is 37.0 Å². The molecule has 1 amide bonds. The lowest BCUT2D eigenvalue weighted by Crippen LogP contribution is -2.28. The van der Waals surface area contributed by atoms with Crippen molar-refractivity contribution in [3.63, 3.8) is 0 Å². The molecule has 0 unspecified atom stereocenters. The molecule has 2 aromatic rings. The van der Waals surface area contributed by atoms with Gasteiger partial charge in [-0.1, -0.05) is 6.07 Å². The average Bonchev–Trinajstić information content (AvgIpc) is 2.90. The number of carbonyl (C=O) groups is 1. The normalized spacial score (nSPS) is 13.9. The van der Waals surface area contributed by atoms with Crippen LogP contribution in [-0.4, -0.2) is 27.6 Å². The van der Waals surface area contributed by atoms with E-state index in [2.05, 4.69) is 25.8 Å². The molecule has 98 valence electrons. The van der Waals surface area contributed by atoms with Crippen molar-refractivity contribution >= 4 is 5.91 Å². The molecule has 0 fully saturated rings. The monoisotopic (exact) mass is 257 g/mol. The Hall–Kier alpha value is -2.21. The fourth-order valence-corrected chi connectivity index (χ4v) is 2.17. The largest absolute Gasteiger partial charge is 0.345 e. The van der Waals surface area contributed by atoms with Crippen LogP contribution >= 0.6 is 0 Å². The number of aromatic amines is 1. The van der Waals surface area contributed by atoms with E-state index in [0.717, 1.165) is 29.9 Å². The molecule has 0 aliphatic carbocycles. The molecular weight excluding hydrogens is 242 g/mol. The lowest BCUT2D eigenvalue weighted by molar-refractivity contribution is 0.0944. The number of nitrogens with zero attached hydrogens (tertiary/aromatic N) is 2. The maximum atomic E-state index is 12.1. The van der Waals surface area contributed by atoms with Gasteiger partial charge in [-0.15, -0.1) is 0 Å². The Morgan fingerprint density at radius 2 is 2.37 bits per heavy atom. The highest BCUT2D eigenvalue weighted by atomic mass is 16.1. The summed E-state index contributed by atoms with van der Waals surface area (Å²) in [5, 5.41) is 13.1. The first-order chi connectivity index (χ1) is 9.34. The minimum Gasteiger partial charge on any atom is -0.345 e. The summed E-state index contributed by atoms with van der Waals surface area (Å²) in [5.41, 5.74) is 3.35. The molecule has 0 aromatic carbocycles. The Morgan fingerprint density at radius 1 is 1.42 bits per heavy atom. The van der Waals surface area contributed by atoms with E-state index >= 15 is 0 Å². The predicted molar refractivity (Wildman–Crippen MR) is 69.4 cm³/mol. The summed E-state index contributed by atoms with van der Waals surface area (Å²) in [4.78, 5) is 16.3. The first kappa shape index (κ1) is 11.9. The van der Waals surface area contributed by atoms with Crippen LogP contribution in [0.25, 0.3) is 0 Å². The standard InChI is InChI=1S/C13H15N5O/c19-13(16-7-9-3-1-2-5-15-9)12-10-8-14-6-4-11(10)17-18-12/h1-3,5,14H,4,6-8H2,(H,16,19)(H,17,18). The molecule has 1 aliphatic rings. The minimum absolute atomic E-state index is 0.160. The molecule has 19 heavy (non-hydrogen) atoms. The van der Waals surface area contributed by atoms with E-state index in [1.807, 2.05) is 18.2 Å². The van der Waals surface area contributed by atoms with Crippen molar-refractivity contribution in [2.45, 2.75) is 19.5 Å². The molecule has 3 rings (SSSR count).